The minimum absolute atomic E-state index is 0.169. The molecule has 0 bridgehead atoms. The molecule has 0 atom stereocenters. The van der Waals surface area contributed by atoms with Gasteiger partial charge in [0.05, 0.1) is 0 Å². The Balaban J connectivity index is 1.25. The predicted molar refractivity (Wildman–Crippen MR) is 170 cm³/mol. The second kappa shape index (κ2) is 7.01. The summed E-state index contributed by atoms with van der Waals surface area (Å²) in [5, 5.41) is 2.64. The first-order valence-electron chi connectivity index (χ1n) is 13.8. The van der Waals surface area contributed by atoms with Gasteiger partial charge in [-0.25, -0.2) is 0 Å². The minimum Gasteiger partial charge on any atom is -0.382 e. The Morgan fingerprint density at radius 1 is 0.450 bits per heavy atom. The molecule has 0 fully saturated rings. The summed E-state index contributed by atoms with van der Waals surface area (Å²) in [5.41, 5.74) is 14.0. The lowest BCUT2D eigenvalue weighted by Gasteiger charge is -2.38. The maximum Gasteiger partial charge on any atom is 0.331 e. The van der Waals surface area contributed by atoms with Crippen molar-refractivity contribution in [3.63, 3.8) is 0 Å². The molecule has 7 aromatic rings. The van der Waals surface area contributed by atoms with E-state index in [1.807, 2.05) is 23.5 Å². The van der Waals surface area contributed by atoms with Gasteiger partial charge in [-0.3, -0.25) is 0 Å². The van der Waals surface area contributed by atoms with Crippen molar-refractivity contribution >= 4 is 80.9 Å². The highest BCUT2D eigenvalue weighted by atomic mass is 32.2. The lowest BCUT2D eigenvalue weighted by atomic mass is 9.43. The van der Waals surface area contributed by atoms with Crippen LogP contribution in [0.1, 0.15) is 0 Å². The van der Waals surface area contributed by atoms with Crippen molar-refractivity contribution in [2.75, 3.05) is 0 Å². The second-order valence-electron chi connectivity index (χ2n) is 11.3. The monoisotopic (exact) mass is 540 g/mol. The van der Waals surface area contributed by atoms with Crippen LogP contribution in [0.4, 0.5) is 0 Å². The van der Waals surface area contributed by atoms with Crippen molar-refractivity contribution in [2.45, 2.75) is 19.6 Å². The van der Waals surface area contributed by atoms with E-state index in [9.17, 15) is 0 Å². The average Bonchev–Trinajstić information content (AvgIpc) is 3.63. The maximum absolute atomic E-state index is 2.56. The Morgan fingerprint density at radius 2 is 1.00 bits per heavy atom. The van der Waals surface area contributed by atoms with Gasteiger partial charge < -0.3 is 8.96 Å². The van der Waals surface area contributed by atoms with E-state index in [4.69, 9.17) is 0 Å². The average molecular weight is 540 g/mol. The van der Waals surface area contributed by atoms with Crippen LogP contribution in [0.2, 0.25) is 0 Å². The summed E-state index contributed by atoms with van der Waals surface area (Å²) < 4.78 is 5.10. The molecule has 0 aliphatic carbocycles. The highest BCUT2D eigenvalue weighted by Crippen LogP contribution is 2.44. The van der Waals surface area contributed by atoms with E-state index >= 15 is 0 Å². The van der Waals surface area contributed by atoms with E-state index in [1.165, 1.54) is 85.5 Å². The molecule has 0 spiro atoms. The van der Waals surface area contributed by atoms with Gasteiger partial charge in [-0.2, -0.15) is 0 Å². The molecule has 0 saturated carbocycles. The fourth-order valence-electron chi connectivity index (χ4n) is 7.97. The molecule has 0 amide bonds. The fourth-order valence-corrected chi connectivity index (χ4v) is 10.5. The zero-order valence-electron chi connectivity index (χ0n) is 21.3. The fraction of sp³-hybridized carbons (Fsp3) is 0. The zero-order chi connectivity index (χ0) is 25.7. The molecule has 4 aliphatic rings. The third-order valence-electron chi connectivity index (χ3n) is 9.48. The number of hydrogen-bond acceptors (Lipinski definition) is 2. The van der Waals surface area contributed by atoms with Gasteiger partial charge in [-0.1, -0.05) is 90.3 Å². The number of fused-ring (bicyclic) bond motifs is 9. The lowest BCUT2D eigenvalue weighted by molar-refractivity contribution is 1.21. The summed E-state index contributed by atoms with van der Waals surface area (Å²) in [6.45, 7) is 0.352. The largest absolute Gasteiger partial charge is 0.382 e. The molecule has 0 radical (unpaired) electrons. The topological polar surface area (TPSA) is 9.86 Å². The summed E-state index contributed by atoms with van der Waals surface area (Å²) in [6.07, 6.45) is 4.63. The van der Waals surface area contributed by atoms with Crippen LogP contribution in [0.5, 0.6) is 0 Å². The molecule has 182 valence electrons. The van der Waals surface area contributed by atoms with E-state index in [0.717, 1.165) is 0 Å². The normalized spacial score (nSPS) is 14.7. The molecule has 5 aromatic carbocycles. The van der Waals surface area contributed by atoms with Gasteiger partial charge in [0.1, 0.15) is 0 Å². The van der Waals surface area contributed by atoms with Gasteiger partial charge >= 0.3 is 13.7 Å². The van der Waals surface area contributed by atoms with E-state index in [2.05, 4.69) is 118 Å². The van der Waals surface area contributed by atoms with Gasteiger partial charge in [0, 0.05) is 41.7 Å². The first-order valence-corrected chi connectivity index (χ1v) is 15.5. The quantitative estimate of drug-likeness (QED) is 0.225. The van der Waals surface area contributed by atoms with E-state index in [1.54, 1.807) is 0 Å². The Kier molecular flexibility index (Phi) is 3.65. The van der Waals surface area contributed by atoms with Crippen LogP contribution in [0, 0.1) is 0 Å². The highest BCUT2D eigenvalue weighted by Gasteiger charge is 2.45. The van der Waals surface area contributed by atoms with Crippen molar-refractivity contribution < 1.29 is 0 Å². The molecular weight excluding hydrogens is 522 g/mol. The molecule has 6 heterocycles. The minimum atomic E-state index is 0.169. The predicted octanol–water partition coefficient (Wildman–Crippen LogP) is 5.79. The molecular formula is C34H18B2N2S2. The van der Waals surface area contributed by atoms with Crippen molar-refractivity contribution in [1.29, 1.82) is 0 Å². The Hall–Kier alpha value is -3.99. The number of aromatic nitrogens is 2. The van der Waals surface area contributed by atoms with Crippen LogP contribution in [0.15, 0.2) is 129 Å². The third kappa shape index (κ3) is 2.30. The summed E-state index contributed by atoms with van der Waals surface area (Å²) in [5.74, 6) is 0. The molecule has 11 rings (SSSR count). The smallest absolute Gasteiger partial charge is 0.331 e. The number of nitrogens with zero attached hydrogens (tertiary/aromatic N) is 2. The SMILES string of the molecule is c1cc2c3c(c1)-c1cccc4ccn(c14)B3c1ccc3c(c1S2)B1c2c(cccc2-c2cccc4ccn1c24)S3. The van der Waals surface area contributed by atoms with Gasteiger partial charge in [0.2, 0.25) is 0 Å². The van der Waals surface area contributed by atoms with Crippen molar-refractivity contribution in [2.24, 2.45) is 0 Å². The van der Waals surface area contributed by atoms with Crippen LogP contribution >= 0.6 is 23.5 Å². The maximum atomic E-state index is 2.56. The van der Waals surface area contributed by atoms with Crippen molar-refractivity contribution in [1.82, 2.24) is 8.96 Å². The first kappa shape index (κ1) is 20.8. The van der Waals surface area contributed by atoms with E-state index in [0.29, 0.717) is 0 Å². The summed E-state index contributed by atoms with van der Waals surface area (Å²) in [4.78, 5) is 5.59. The molecule has 2 aromatic heterocycles. The highest BCUT2D eigenvalue weighted by molar-refractivity contribution is 8.01. The molecule has 0 saturated heterocycles. The first-order chi connectivity index (χ1) is 19.8. The Labute approximate surface area is 240 Å². The second-order valence-corrected chi connectivity index (χ2v) is 13.4. The number of para-hydroxylation sites is 2. The number of hydrogen-bond donors (Lipinski definition) is 0. The lowest BCUT2D eigenvalue weighted by Crippen LogP contribution is -2.60. The molecule has 4 aliphatic heterocycles. The van der Waals surface area contributed by atoms with Crippen LogP contribution in [-0.4, -0.2) is 22.7 Å². The van der Waals surface area contributed by atoms with Crippen LogP contribution in [0.25, 0.3) is 44.1 Å². The molecule has 0 N–H and O–H groups in total. The van der Waals surface area contributed by atoms with Crippen LogP contribution < -0.4 is 21.9 Å². The zero-order valence-corrected chi connectivity index (χ0v) is 22.9. The van der Waals surface area contributed by atoms with Crippen molar-refractivity contribution in [3.8, 4) is 22.3 Å². The van der Waals surface area contributed by atoms with Crippen LogP contribution in [-0.2, 0) is 0 Å². The Morgan fingerprint density at radius 3 is 1.70 bits per heavy atom. The number of benzene rings is 5. The molecule has 0 unspecified atom stereocenters. The standard InChI is InChI=1S/C34H18B2N2S2/c1-5-19-15-17-37-32(19)23(9-1)21-7-4-12-27-29(21)35(37)25-13-14-28-31(34(25)40-27)36-30-22(8-3-11-26(30)39-28)24-10-2-6-20-16-18-38(36)33(20)24/h1-18H. The number of rotatable bonds is 0. The Bertz CT molecular complexity index is 2310. The van der Waals surface area contributed by atoms with Crippen LogP contribution in [0.3, 0.4) is 0 Å². The van der Waals surface area contributed by atoms with E-state index in [-0.39, 0.29) is 13.7 Å². The van der Waals surface area contributed by atoms with Gasteiger partial charge in [0.25, 0.3) is 0 Å². The van der Waals surface area contributed by atoms with Gasteiger partial charge in [-0.05, 0) is 86.5 Å². The van der Waals surface area contributed by atoms with Crippen molar-refractivity contribution in [3.05, 3.63) is 109 Å². The summed E-state index contributed by atoms with van der Waals surface area (Å²) in [6, 6.07) is 36.7. The molecule has 2 nitrogen and oxygen atoms in total. The summed E-state index contributed by atoms with van der Waals surface area (Å²) >= 11 is 3.94. The molecule has 40 heavy (non-hydrogen) atoms. The summed E-state index contributed by atoms with van der Waals surface area (Å²) in [7, 11) is 0. The molecule has 6 heteroatoms. The van der Waals surface area contributed by atoms with Gasteiger partial charge in [0.15, 0.2) is 0 Å². The van der Waals surface area contributed by atoms with Gasteiger partial charge in [-0.15, -0.1) is 0 Å². The van der Waals surface area contributed by atoms with E-state index < -0.39 is 0 Å². The third-order valence-corrected chi connectivity index (χ3v) is 11.9.